The van der Waals surface area contributed by atoms with Gasteiger partial charge in [0.2, 0.25) is 0 Å². The SMILES string of the molecule is CC(C)OC(C)(C)CC(C)(C)CC(C)(C)C. The van der Waals surface area contributed by atoms with Gasteiger partial charge in [-0.25, -0.2) is 0 Å². The van der Waals surface area contributed by atoms with E-state index < -0.39 is 0 Å². The van der Waals surface area contributed by atoms with Gasteiger partial charge >= 0.3 is 0 Å². The Morgan fingerprint density at radius 2 is 1.25 bits per heavy atom. The third-order valence-corrected chi connectivity index (χ3v) is 2.47. The van der Waals surface area contributed by atoms with Crippen molar-refractivity contribution >= 4 is 0 Å². The molecule has 0 bridgehead atoms. The van der Waals surface area contributed by atoms with Crippen molar-refractivity contribution in [1.29, 1.82) is 0 Å². The van der Waals surface area contributed by atoms with Crippen LogP contribution >= 0.6 is 0 Å². The fourth-order valence-electron chi connectivity index (χ4n) is 3.33. The van der Waals surface area contributed by atoms with Gasteiger partial charge in [0.15, 0.2) is 0 Å². The maximum absolute atomic E-state index is 5.99. The molecule has 0 N–H and O–H groups in total. The smallest absolute Gasteiger partial charge is 0.0635 e. The van der Waals surface area contributed by atoms with Crippen molar-refractivity contribution in [2.24, 2.45) is 10.8 Å². The Hall–Kier alpha value is -0.0400. The first-order chi connectivity index (χ1) is 6.83. The van der Waals surface area contributed by atoms with E-state index in [1.54, 1.807) is 0 Å². The minimum atomic E-state index is -0.0249. The molecule has 0 fully saturated rings. The second-order valence-electron chi connectivity index (χ2n) is 8.00. The summed E-state index contributed by atoms with van der Waals surface area (Å²) in [5.74, 6) is 0. The topological polar surface area (TPSA) is 9.23 Å². The van der Waals surface area contributed by atoms with Crippen LogP contribution < -0.4 is 0 Å². The zero-order valence-corrected chi connectivity index (χ0v) is 12.9. The molecular formula is C15H32O. The molecule has 0 aliphatic carbocycles. The third-order valence-electron chi connectivity index (χ3n) is 2.47. The summed E-state index contributed by atoms with van der Waals surface area (Å²) in [6.45, 7) is 20.3. The molecule has 0 heterocycles. The minimum Gasteiger partial charge on any atom is -0.373 e. The van der Waals surface area contributed by atoms with Crippen LogP contribution in [0.25, 0.3) is 0 Å². The van der Waals surface area contributed by atoms with E-state index in [1.807, 2.05) is 0 Å². The van der Waals surface area contributed by atoms with E-state index >= 15 is 0 Å². The van der Waals surface area contributed by atoms with E-state index in [0.29, 0.717) is 16.9 Å². The van der Waals surface area contributed by atoms with Crippen LogP contribution in [0.1, 0.15) is 75.2 Å². The van der Waals surface area contributed by atoms with Crippen LogP contribution in [0.15, 0.2) is 0 Å². The predicted octanol–water partition coefficient (Wildman–Crippen LogP) is 5.04. The molecule has 1 heteroatoms. The van der Waals surface area contributed by atoms with Gasteiger partial charge in [-0.1, -0.05) is 34.6 Å². The van der Waals surface area contributed by atoms with Crippen LogP contribution in [0.5, 0.6) is 0 Å². The maximum Gasteiger partial charge on any atom is 0.0635 e. The summed E-state index contributed by atoms with van der Waals surface area (Å²) in [6.07, 6.45) is 2.64. The lowest BCUT2D eigenvalue weighted by Crippen LogP contribution is -2.35. The lowest BCUT2D eigenvalue weighted by Gasteiger charge is -2.39. The van der Waals surface area contributed by atoms with Crippen LogP contribution in [-0.2, 0) is 4.74 Å². The zero-order valence-electron chi connectivity index (χ0n) is 12.9. The highest BCUT2D eigenvalue weighted by Gasteiger charge is 2.33. The first-order valence-corrected chi connectivity index (χ1v) is 6.51. The molecule has 0 unspecified atom stereocenters. The summed E-state index contributed by atoms with van der Waals surface area (Å²) in [5.41, 5.74) is 0.691. The van der Waals surface area contributed by atoms with E-state index in [0.717, 1.165) is 6.42 Å². The Balaban J connectivity index is 4.45. The normalized spacial score (nSPS) is 14.6. The summed E-state index contributed by atoms with van der Waals surface area (Å²) < 4.78 is 5.99. The van der Waals surface area contributed by atoms with Gasteiger partial charge in [-0.3, -0.25) is 0 Å². The molecule has 0 saturated heterocycles. The number of rotatable bonds is 5. The Morgan fingerprint density at radius 1 is 0.812 bits per heavy atom. The molecule has 0 aromatic heterocycles. The molecule has 16 heavy (non-hydrogen) atoms. The maximum atomic E-state index is 5.99. The molecule has 0 spiro atoms. The first kappa shape index (κ1) is 16.0. The Morgan fingerprint density at radius 3 is 1.56 bits per heavy atom. The van der Waals surface area contributed by atoms with Crippen LogP contribution in [0, 0.1) is 10.8 Å². The molecule has 0 aliphatic heterocycles. The van der Waals surface area contributed by atoms with Crippen molar-refractivity contribution in [1.82, 2.24) is 0 Å². The number of hydrogen-bond donors (Lipinski definition) is 0. The molecule has 1 nitrogen and oxygen atoms in total. The van der Waals surface area contributed by atoms with Crippen molar-refractivity contribution in [2.75, 3.05) is 0 Å². The molecule has 0 rings (SSSR count). The van der Waals surface area contributed by atoms with Gasteiger partial charge in [-0.05, 0) is 51.4 Å². The fraction of sp³-hybridized carbons (Fsp3) is 1.00. The van der Waals surface area contributed by atoms with Crippen molar-refractivity contribution in [3.05, 3.63) is 0 Å². The van der Waals surface area contributed by atoms with E-state index in [-0.39, 0.29) is 5.60 Å². The zero-order chi connectivity index (χ0) is 13.2. The van der Waals surface area contributed by atoms with Gasteiger partial charge in [0.05, 0.1) is 11.7 Å². The van der Waals surface area contributed by atoms with E-state index in [2.05, 4.69) is 62.3 Å². The number of hydrogen-bond acceptors (Lipinski definition) is 1. The lowest BCUT2D eigenvalue weighted by molar-refractivity contribution is -0.0822. The van der Waals surface area contributed by atoms with Crippen LogP contribution in [-0.4, -0.2) is 11.7 Å². The van der Waals surface area contributed by atoms with Crippen LogP contribution in [0.2, 0.25) is 0 Å². The summed E-state index contributed by atoms with van der Waals surface area (Å²) in [7, 11) is 0. The molecule has 0 saturated carbocycles. The van der Waals surface area contributed by atoms with Crippen molar-refractivity contribution in [3.63, 3.8) is 0 Å². The highest BCUT2D eigenvalue weighted by Crippen LogP contribution is 2.40. The Labute approximate surface area is 103 Å². The highest BCUT2D eigenvalue weighted by molar-refractivity contribution is 4.84. The van der Waals surface area contributed by atoms with Crippen LogP contribution in [0.3, 0.4) is 0 Å². The first-order valence-electron chi connectivity index (χ1n) is 6.51. The Bertz CT molecular complexity index is 206. The Kier molecular flexibility index (Phi) is 5.07. The standard InChI is InChI=1S/C15H32O/c1-12(2)16-15(8,9)11-14(6,7)10-13(3,4)5/h12H,10-11H2,1-9H3. The monoisotopic (exact) mass is 228 g/mol. The molecule has 0 aromatic rings. The van der Waals surface area contributed by atoms with Gasteiger partial charge in [-0.15, -0.1) is 0 Å². The predicted molar refractivity (Wildman–Crippen MR) is 72.8 cm³/mol. The van der Waals surface area contributed by atoms with Gasteiger partial charge in [0.25, 0.3) is 0 Å². The summed E-state index contributed by atoms with van der Waals surface area (Å²) in [4.78, 5) is 0. The average Bonchev–Trinajstić information content (AvgIpc) is 1.69. The highest BCUT2D eigenvalue weighted by atomic mass is 16.5. The van der Waals surface area contributed by atoms with Crippen molar-refractivity contribution < 1.29 is 4.74 Å². The molecule has 0 radical (unpaired) electrons. The quantitative estimate of drug-likeness (QED) is 0.640. The van der Waals surface area contributed by atoms with E-state index in [9.17, 15) is 0 Å². The molecule has 0 aliphatic rings. The second-order valence-corrected chi connectivity index (χ2v) is 8.00. The third kappa shape index (κ3) is 8.15. The van der Waals surface area contributed by atoms with Crippen LogP contribution in [0.4, 0.5) is 0 Å². The average molecular weight is 228 g/mol. The molecule has 0 amide bonds. The number of ether oxygens (including phenoxy) is 1. The van der Waals surface area contributed by atoms with E-state index in [1.165, 1.54) is 6.42 Å². The summed E-state index contributed by atoms with van der Waals surface area (Å²) in [5, 5.41) is 0. The fourth-order valence-corrected chi connectivity index (χ4v) is 3.33. The van der Waals surface area contributed by atoms with Crippen molar-refractivity contribution in [3.8, 4) is 0 Å². The van der Waals surface area contributed by atoms with E-state index in [4.69, 9.17) is 4.74 Å². The molecule has 0 atom stereocenters. The van der Waals surface area contributed by atoms with Gasteiger partial charge in [0, 0.05) is 0 Å². The van der Waals surface area contributed by atoms with Crippen molar-refractivity contribution in [2.45, 2.75) is 86.9 Å². The molecule has 0 aromatic carbocycles. The lowest BCUT2D eigenvalue weighted by atomic mass is 9.71. The molecular weight excluding hydrogens is 196 g/mol. The molecule has 98 valence electrons. The minimum absolute atomic E-state index is 0.0249. The van der Waals surface area contributed by atoms with Gasteiger partial charge in [0.1, 0.15) is 0 Å². The largest absolute Gasteiger partial charge is 0.373 e. The summed E-state index contributed by atoms with van der Waals surface area (Å²) >= 11 is 0. The summed E-state index contributed by atoms with van der Waals surface area (Å²) in [6, 6.07) is 0. The van der Waals surface area contributed by atoms with Gasteiger partial charge < -0.3 is 4.74 Å². The van der Waals surface area contributed by atoms with Gasteiger partial charge in [-0.2, -0.15) is 0 Å². The second kappa shape index (κ2) is 5.08.